The minimum Gasteiger partial charge on any atom is -0.443 e. The molecule has 2 aromatic heterocycles. The second-order valence-corrected chi connectivity index (χ2v) is 2.36. The highest BCUT2D eigenvalue weighted by molar-refractivity contribution is 5.59. The minimum absolute atomic E-state index is 0.702. The smallest absolute Gasteiger partial charge is 0.181 e. The van der Waals surface area contributed by atoms with Crippen LogP contribution in [0.1, 0.15) is 5.69 Å². The third-order valence-electron chi connectivity index (χ3n) is 1.59. The summed E-state index contributed by atoms with van der Waals surface area (Å²) in [7, 11) is 0. The lowest BCUT2D eigenvalue weighted by atomic mass is 10.2. The molecule has 0 spiro atoms. The molecular weight excluding hydrogens is 152 g/mol. The quantitative estimate of drug-likeness (QED) is 0.638. The number of nitrogens with zero attached hydrogens (tertiary/aromatic N) is 2. The summed E-state index contributed by atoms with van der Waals surface area (Å²) in [5.74, 6) is 0.702. The molecule has 0 amide bonds. The van der Waals surface area contributed by atoms with Crippen molar-refractivity contribution in [2.75, 3.05) is 0 Å². The largest absolute Gasteiger partial charge is 0.443 e. The maximum atomic E-state index is 5.11. The molecule has 0 aliphatic rings. The molecule has 59 valence electrons. The van der Waals surface area contributed by atoms with Gasteiger partial charge in [0, 0.05) is 11.8 Å². The van der Waals surface area contributed by atoms with Crippen molar-refractivity contribution in [2.45, 2.75) is 0 Å². The minimum atomic E-state index is 0.702. The van der Waals surface area contributed by atoms with Crippen LogP contribution < -0.4 is 0 Å². The summed E-state index contributed by atoms with van der Waals surface area (Å²) in [6, 6.07) is 3.74. The molecule has 0 fully saturated rings. The first-order valence-electron chi connectivity index (χ1n) is 3.54. The lowest BCUT2D eigenvalue weighted by Crippen LogP contribution is -1.83. The van der Waals surface area contributed by atoms with Crippen LogP contribution in [0.4, 0.5) is 0 Å². The topological polar surface area (TPSA) is 38.9 Å². The van der Waals surface area contributed by atoms with Gasteiger partial charge in [0.1, 0.15) is 0 Å². The van der Waals surface area contributed by atoms with Crippen LogP contribution in [0.3, 0.4) is 0 Å². The van der Waals surface area contributed by atoms with Crippen molar-refractivity contribution < 1.29 is 4.42 Å². The van der Waals surface area contributed by atoms with E-state index in [2.05, 4.69) is 16.9 Å². The van der Waals surface area contributed by atoms with E-state index in [1.54, 1.807) is 12.4 Å². The van der Waals surface area contributed by atoms with Crippen molar-refractivity contribution in [1.29, 1.82) is 0 Å². The Hall–Kier alpha value is -1.64. The monoisotopic (exact) mass is 159 g/mol. The van der Waals surface area contributed by atoms with Gasteiger partial charge in [0.25, 0.3) is 0 Å². The average molecular weight is 159 g/mol. The first-order chi connectivity index (χ1) is 5.88. The molecule has 1 radical (unpaired) electrons. The molecule has 0 saturated heterocycles. The normalized spacial score (nSPS) is 10.1. The highest BCUT2D eigenvalue weighted by atomic mass is 16.3. The van der Waals surface area contributed by atoms with Gasteiger partial charge in [-0.1, -0.05) is 0 Å². The predicted molar refractivity (Wildman–Crippen MR) is 44.2 cm³/mol. The predicted octanol–water partition coefficient (Wildman–Crippen LogP) is 1.92. The number of rotatable bonds is 1. The SMILES string of the molecule is [CH2]c1ncccc1-c1cnco1. The van der Waals surface area contributed by atoms with Crippen LogP contribution in [-0.4, -0.2) is 9.97 Å². The Morgan fingerprint density at radius 1 is 1.42 bits per heavy atom. The molecule has 2 heterocycles. The van der Waals surface area contributed by atoms with E-state index < -0.39 is 0 Å². The maximum absolute atomic E-state index is 5.11. The molecular formula is C9H7N2O. The van der Waals surface area contributed by atoms with Gasteiger partial charge in [-0.3, -0.25) is 4.98 Å². The van der Waals surface area contributed by atoms with Crippen molar-refractivity contribution in [3.63, 3.8) is 0 Å². The van der Waals surface area contributed by atoms with E-state index in [4.69, 9.17) is 4.42 Å². The Bertz CT molecular complexity index is 368. The van der Waals surface area contributed by atoms with Gasteiger partial charge in [0.15, 0.2) is 12.2 Å². The summed E-state index contributed by atoms with van der Waals surface area (Å²) in [4.78, 5) is 7.85. The molecule has 0 aliphatic heterocycles. The van der Waals surface area contributed by atoms with Crippen molar-refractivity contribution >= 4 is 0 Å². The van der Waals surface area contributed by atoms with E-state index in [1.165, 1.54) is 6.39 Å². The van der Waals surface area contributed by atoms with Gasteiger partial charge in [-0.2, -0.15) is 0 Å². The van der Waals surface area contributed by atoms with Gasteiger partial charge in [0.2, 0.25) is 0 Å². The molecule has 12 heavy (non-hydrogen) atoms. The van der Waals surface area contributed by atoms with E-state index in [-0.39, 0.29) is 0 Å². The van der Waals surface area contributed by atoms with E-state index in [0.717, 1.165) is 5.56 Å². The summed E-state index contributed by atoms with van der Waals surface area (Å²) >= 11 is 0. The highest BCUT2D eigenvalue weighted by Crippen LogP contribution is 2.19. The van der Waals surface area contributed by atoms with Gasteiger partial charge >= 0.3 is 0 Å². The molecule has 0 aliphatic carbocycles. The first kappa shape index (κ1) is 7.03. The Morgan fingerprint density at radius 2 is 2.33 bits per heavy atom. The van der Waals surface area contributed by atoms with E-state index in [1.807, 2.05) is 12.1 Å². The first-order valence-corrected chi connectivity index (χ1v) is 3.54. The summed E-state index contributed by atoms with van der Waals surface area (Å²) in [5.41, 5.74) is 1.59. The fourth-order valence-corrected chi connectivity index (χ4v) is 1.01. The van der Waals surface area contributed by atoms with Crippen LogP contribution in [0, 0.1) is 6.92 Å². The van der Waals surface area contributed by atoms with E-state index in [9.17, 15) is 0 Å². The molecule has 0 atom stereocenters. The Balaban J connectivity index is 2.55. The van der Waals surface area contributed by atoms with Crippen molar-refractivity contribution in [3.8, 4) is 11.3 Å². The summed E-state index contributed by atoms with van der Waals surface area (Å²) in [6.07, 6.45) is 4.73. The number of pyridine rings is 1. The van der Waals surface area contributed by atoms with Gasteiger partial charge < -0.3 is 4.42 Å². The molecule has 0 bridgehead atoms. The van der Waals surface area contributed by atoms with Crippen molar-refractivity contribution in [3.05, 3.63) is 43.5 Å². The third kappa shape index (κ3) is 1.09. The van der Waals surface area contributed by atoms with Crippen molar-refractivity contribution in [2.24, 2.45) is 0 Å². The standard InChI is InChI=1S/C9H7N2O/c1-7-8(3-2-4-11-7)9-5-10-6-12-9/h2-6H,1H2. The lowest BCUT2D eigenvalue weighted by molar-refractivity contribution is 0.571. The van der Waals surface area contributed by atoms with Crippen LogP contribution in [0.5, 0.6) is 0 Å². The van der Waals surface area contributed by atoms with Gasteiger partial charge in [0.05, 0.1) is 11.9 Å². The second kappa shape index (κ2) is 2.77. The Labute approximate surface area is 70.1 Å². The van der Waals surface area contributed by atoms with E-state index in [0.29, 0.717) is 11.5 Å². The Kier molecular flexibility index (Phi) is 1.63. The third-order valence-corrected chi connectivity index (χ3v) is 1.59. The van der Waals surface area contributed by atoms with Gasteiger partial charge in [-0.15, -0.1) is 0 Å². The number of oxazole rings is 1. The highest BCUT2D eigenvalue weighted by Gasteiger charge is 2.03. The summed E-state index contributed by atoms with van der Waals surface area (Å²) in [5, 5.41) is 0. The zero-order valence-electron chi connectivity index (χ0n) is 6.40. The van der Waals surface area contributed by atoms with E-state index >= 15 is 0 Å². The average Bonchev–Trinajstić information content (AvgIpc) is 2.57. The maximum Gasteiger partial charge on any atom is 0.181 e. The van der Waals surface area contributed by atoms with Crippen LogP contribution in [-0.2, 0) is 0 Å². The number of aromatic nitrogens is 2. The molecule has 2 rings (SSSR count). The van der Waals surface area contributed by atoms with Crippen LogP contribution in [0.25, 0.3) is 11.3 Å². The fourth-order valence-electron chi connectivity index (χ4n) is 1.01. The zero-order valence-corrected chi connectivity index (χ0v) is 6.40. The molecule has 3 nitrogen and oxygen atoms in total. The molecule has 2 aromatic rings. The van der Waals surface area contributed by atoms with Crippen LogP contribution in [0.2, 0.25) is 0 Å². The summed E-state index contributed by atoms with van der Waals surface area (Å²) in [6.45, 7) is 3.78. The van der Waals surface area contributed by atoms with Crippen molar-refractivity contribution in [1.82, 2.24) is 9.97 Å². The Morgan fingerprint density at radius 3 is 3.00 bits per heavy atom. The van der Waals surface area contributed by atoms with Crippen LogP contribution in [0.15, 0.2) is 35.3 Å². The van der Waals surface area contributed by atoms with Crippen LogP contribution >= 0.6 is 0 Å². The lowest BCUT2D eigenvalue weighted by Gasteiger charge is -1.97. The number of hydrogen-bond acceptors (Lipinski definition) is 3. The fraction of sp³-hybridized carbons (Fsp3) is 0. The number of hydrogen-bond donors (Lipinski definition) is 0. The molecule has 3 heteroatoms. The molecule has 0 N–H and O–H groups in total. The second-order valence-electron chi connectivity index (χ2n) is 2.36. The van der Waals surface area contributed by atoms with Gasteiger partial charge in [-0.05, 0) is 19.1 Å². The molecule has 0 saturated carbocycles. The summed E-state index contributed by atoms with van der Waals surface area (Å²) < 4.78 is 5.11. The molecule has 0 unspecified atom stereocenters. The zero-order chi connectivity index (χ0) is 8.39. The molecule has 0 aromatic carbocycles. The van der Waals surface area contributed by atoms with Gasteiger partial charge in [-0.25, -0.2) is 4.98 Å².